The van der Waals surface area contributed by atoms with E-state index in [1.54, 1.807) is 0 Å². The molecule has 48 heavy (non-hydrogen) atoms. The molecule has 254 valence electrons. The van der Waals surface area contributed by atoms with E-state index in [-0.39, 0.29) is 24.3 Å². The zero-order chi connectivity index (χ0) is 34.5. The lowest BCUT2D eigenvalue weighted by molar-refractivity contribution is -0.137. The highest BCUT2D eigenvalue weighted by molar-refractivity contribution is 5.82. The number of rotatable bonds is 17. The van der Waals surface area contributed by atoms with Crippen LogP contribution in [0.15, 0.2) is 85.2 Å². The number of carboxylic acid groups (broad SMARTS) is 1. The molecule has 0 aliphatic heterocycles. The van der Waals surface area contributed by atoms with E-state index in [0.717, 1.165) is 52.5 Å². The van der Waals surface area contributed by atoms with E-state index in [0.29, 0.717) is 18.8 Å². The van der Waals surface area contributed by atoms with Crippen molar-refractivity contribution in [2.45, 2.75) is 84.7 Å². The van der Waals surface area contributed by atoms with Crippen LogP contribution in [0.3, 0.4) is 0 Å². The highest BCUT2D eigenvalue weighted by Gasteiger charge is 2.19. The summed E-state index contributed by atoms with van der Waals surface area (Å²) in [6.45, 7) is 12.3. The van der Waals surface area contributed by atoms with Gasteiger partial charge in [0.1, 0.15) is 5.75 Å². The first kappa shape index (κ1) is 36.3. The zero-order valence-electron chi connectivity index (χ0n) is 29.0. The molecular formula is C40H50N4O4. The molecule has 8 nitrogen and oxygen atoms in total. The van der Waals surface area contributed by atoms with Crippen molar-refractivity contribution < 1.29 is 19.4 Å². The van der Waals surface area contributed by atoms with Crippen LogP contribution in [0.4, 0.5) is 0 Å². The quantitative estimate of drug-likeness (QED) is 0.101. The summed E-state index contributed by atoms with van der Waals surface area (Å²) in [5.74, 6) is 1.03. The van der Waals surface area contributed by atoms with Crippen molar-refractivity contribution in [3.8, 4) is 28.3 Å². The van der Waals surface area contributed by atoms with Crippen molar-refractivity contribution in [1.29, 1.82) is 0 Å². The largest absolute Gasteiger partial charge is 0.494 e. The third kappa shape index (κ3) is 11.6. The van der Waals surface area contributed by atoms with E-state index in [1.165, 1.54) is 18.4 Å². The minimum atomic E-state index is -0.949. The summed E-state index contributed by atoms with van der Waals surface area (Å²) in [4.78, 5) is 33.3. The fraction of sp³-hybridized carbons (Fsp3) is 0.400. The molecule has 3 aromatic carbocycles. The van der Waals surface area contributed by atoms with Crippen molar-refractivity contribution in [1.82, 2.24) is 20.6 Å². The molecule has 0 fully saturated rings. The molecule has 0 aliphatic carbocycles. The van der Waals surface area contributed by atoms with Gasteiger partial charge in [0.25, 0.3) is 0 Å². The molecule has 1 atom stereocenters. The second kappa shape index (κ2) is 17.6. The van der Waals surface area contributed by atoms with Crippen molar-refractivity contribution in [2.75, 3.05) is 13.2 Å². The lowest BCUT2D eigenvalue weighted by Gasteiger charge is -2.21. The molecule has 3 N–H and O–H groups in total. The molecule has 1 aromatic heterocycles. The van der Waals surface area contributed by atoms with Crippen molar-refractivity contribution >= 4 is 11.9 Å². The topological polar surface area (TPSA) is 113 Å². The normalized spacial score (nSPS) is 12.1. The second-order valence-corrected chi connectivity index (χ2v) is 13.8. The van der Waals surface area contributed by atoms with Crippen LogP contribution in [0.5, 0.6) is 5.75 Å². The molecule has 1 heterocycles. The summed E-state index contributed by atoms with van der Waals surface area (Å²) in [6, 6.07) is 23.8. The zero-order valence-corrected chi connectivity index (χ0v) is 29.0. The van der Waals surface area contributed by atoms with Gasteiger partial charge in [-0.2, -0.15) is 0 Å². The number of nitrogens with one attached hydrogen (secondary N) is 2. The third-order valence-electron chi connectivity index (χ3n) is 8.26. The fourth-order valence-corrected chi connectivity index (χ4v) is 5.28. The minimum absolute atomic E-state index is 0.0615. The first-order valence-corrected chi connectivity index (χ1v) is 16.9. The Kier molecular flexibility index (Phi) is 13.3. The van der Waals surface area contributed by atoms with Crippen LogP contribution >= 0.6 is 0 Å². The Hall–Kier alpha value is -4.56. The summed E-state index contributed by atoms with van der Waals surface area (Å²) >= 11 is 0. The predicted octanol–water partition coefficient (Wildman–Crippen LogP) is 7.61. The summed E-state index contributed by atoms with van der Waals surface area (Å²) in [6.07, 6.45) is 7.44. The molecule has 4 rings (SSSR count). The second-order valence-electron chi connectivity index (χ2n) is 13.8. The van der Waals surface area contributed by atoms with Crippen LogP contribution in [-0.4, -0.2) is 46.1 Å². The SMILES string of the molecule is CC(C)CCCCOc1ccc(-c2cnc(-c3ccc(C[C@H](NCc4ccc(C(C)(C)C)cc4)C(=O)NCCC(=O)O)cc3)nc2)cc1. The van der Waals surface area contributed by atoms with Gasteiger partial charge >= 0.3 is 5.97 Å². The van der Waals surface area contributed by atoms with Gasteiger partial charge in [-0.05, 0) is 65.0 Å². The van der Waals surface area contributed by atoms with Crippen LogP contribution in [0.2, 0.25) is 0 Å². The lowest BCUT2D eigenvalue weighted by atomic mass is 9.87. The highest BCUT2D eigenvalue weighted by Crippen LogP contribution is 2.24. The van der Waals surface area contributed by atoms with Gasteiger partial charge in [0.05, 0.1) is 19.1 Å². The number of benzene rings is 3. The molecule has 0 radical (unpaired) electrons. The molecular weight excluding hydrogens is 600 g/mol. The van der Waals surface area contributed by atoms with Gasteiger partial charge in [-0.15, -0.1) is 0 Å². The summed E-state index contributed by atoms with van der Waals surface area (Å²) in [5, 5.41) is 15.1. The number of nitrogens with zero attached hydrogens (tertiary/aromatic N) is 2. The van der Waals surface area contributed by atoms with Crippen molar-refractivity contribution in [3.05, 3.63) is 102 Å². The van der Waals surface area contributed by atoms with E-state index in [4.69, 9.17) is 9.84 Å². The number of hydrogen-bond acceptors (Lipinski definition) is 6. The predicted molar refractivity (Wildman–Crippen MR) is 192 cm³/mol. The molecule has 0 bridgehead atoms. The highest BCUT2D eigenvalue weighted by atomic mass is 16.5. The number of carboxylic acids is 1. The lowest BCUT2D eigenvalue weighted by Crippen LogP contribution is -2.45. The Bertz CT molecular complexity index is 1580. The summed E-state index contributed by atoms with van der Waals surface area (Å²) in [5.41, 5.74) is 6.16. The van der Waals surface area contributed by atoms with Gasteiger partial charge in [0.2, 0.25) is 5.91 Å². The molecule has 0 aliphatic rings. The van der Waals surface area contributed by atoms with Crippen molar-refractivity contribution in [2.24, 2.45) is 5.92 Å². The smallest absolute Gasteiger partial charge is 0.305 e. The van der Waals surface area contributed by atoms with Gasteiger partial charge in [0, 0.05) is 36.6 Å². The van der Waals surface area contributed by atoms with Crippen LogP contribution in [-0.2, 0) is 28.0 Å². The summed E-state index contributed by atoms with van der Waals surface area (Å²) in [7, 11) is 0. The van der Waals surface area contributed by atoms with Crippen LogP contribution in [0.25, 0.3) is 22.5 Å². The minimum Gasteiger partial charge on any atom is -0.494 e. The molecule has 4 aromatic rings. The number of unbranched alkanes of at least 4 members (excludes halogenated alkanes) is 1. The van der Waals surface area contributed by atoms with Gasteiger partial charge in [0.15, 0.2) is 5.82 Å². The average molecular weight is 651 g/mol. The van der Waals surface area contributed by atoms with Crippen LogP contribution in [0, 0.1) is 5.92 Å². The Morgan fingerprint density at radius 2 is 1.44 bits per heavy atom. The van der Waals surface area contributed by atoms with Gasteiger partial charge < -0.3 is 20.5 Å². The van der Waals surface area contributed by atoms with Gasteiger partial charge in [-0.1, -0.05) is 102 Å². The van der Waals surface area contributed by atoms with Gasteiger partial charge in [-0.25, -0.2) is 9.97 Å². The van der Waals surface area contributed by atoms with E-state index >= 15 is 0 Å². The number of carbonyl (C=O) groups excluding carboxylic acids is 1. The number of ether oxygens (including phenoxy) is 1. The average Bonchev–Trinajstić information content (AvgIpc) is 3.06. The van der Waals surface area contributed by atoms with E-state index in [1.807, 2.05) is 60.9 Å². The first-order chi connectivity index (χ1) is 23.0. The molecule has 0 unspecified atom stereocenters. The van der Waals surface area contributed by atoms with E-state index < -0.39 is 12.0 Å². The third-order valence-corrected chi connectivity index (χ3v) is 8.26. The number of aliphatic carboxylic acids is 1. The number of aromatic nitrogens is 2. The Balaban J connectivity index is 1.36. The molecule has 0 saturated carbocycles. The fourth-order valence-electron chi connectivity index (χ4n) is 5.28. The maximum Gasteiger partial charge on any atom is 0.305 e. The van der Waals surface area contributed by atoms with E-state index in [2.05, 4.69) is 79.5 Å². The maximum absolute atomic E-state index is 13.1. The number of hydrogen-bond donors (Lipinski definition) is 3. The number of carbonyl (C=O) groups is 2. The Labute approximate surface area is 285 Å². The standard InChI is InChI=1S/C40H50N4O4/c1-28(2)8-6-7-23-48-35-19-15-31(16-20-35)33-26-43-38(44-27-33)32-13-9-29(10-14-32)24-36(39(47)41-22-21-37(45)46)42-25-30-11-17-34(18-12-30)40(3,4)5/h9-20,26-28,36,42H,6-8,21-25H2,1-5H3,(H,41,47)(H,45,46)/t36-/m0/s1. The maximum atomic E-state index is 13.1. The molecule has 0 spiro atoms. The molecule has 0 saturated heterocycles. The van der Waals surface area contributed by atoms with Crippen molar-refractivity contribution in [3.63, 3.8) is 0 Å². The van der Waals surface area contributed by atoms with Crippen LogP contribution in [0.1, 0.15) is 77.0 Å². The van der Waals surface area contributed by atoms with Crippen LogP contribution < -0.4 is 15.4 Å². The Morgan fingerprint density at radius 1 is 0.812 bits per heavy atom. The monoisotopic (exact) mass is 650 g/mol. The van der Waals surface area contributed by atoms with E-state index in [9.17, 15) is 9.59 Å². The molecule has 8 heteroatoms. The summed E-state index contributed by atoms with van der Waals surface area (Å²) < 4.78 is 5.90. The van der Waals surface area contributed by atoms with Gasteiger partial charge in [-0.3, -0.25) is 9.59 Å². The number of amides is 1. The molecule has 1 amide bonds. The first-order valence-electron chi connectivity index (χ1n) is 16.9. The Morgan fingerprint density at radius 3 is 2.04 bits per heavy atom.